The van der Waals surface area contributed by atoms with Gasteiger partial charge in [-0.2, -0.15) is 5.10 Å². The van der Waals surface area contributed by atoms with Gasteiger partial charge in [0.1, 0.15) is 12.2 Å². The lowest BCUT2D eigenvalue weighted by molar-refractivity contribution is 0.0828. The number of H-pyrrole nitrogens is 1. The Morgan fingerprint density at radius 2 is 2.26 bits per heavy atom. The molecule has 0 spiro atoms. The van der Waals surface area contributed by atoms with Crippen molar-refractivity contribution in [1.29, 1.82) is 0 Å². The van der Waals surface area contributed by atoms with E-state index < -0.39 is 0 Å². The first-order valence-corrected chi connectivity index (χ1v) is 5.77. The number of carbonyl (C=O) groups is 1. The summed E-state index contributed by atoms with van der Waals surface area (Å²) in [7, 11) is 3.41. The molecule has 7 nitrogen and oxygen atoms in total. The Balaban J connectivity index is 2.22. The van der Waals surface area contributed by atoms with Gasteiger partial charge in [-0.15, -0.1) is 0 Å². The highest BCUT2D eigenvalue weighted by Crippen LogP contribution is 2.20. The number of nitrogens with one attached hydrogen (secondary N) is 2. The fraction of sp³-hybridized carbons (Fsp3) is 0.250. The molecule has 1 heterocycles. The van der Waals surface area contributed by atoms with Crippen LogP contribution in [0.2, 0.25) is 0 Å². The van der Waals surface area contributed by atoms with Crippen LogP contribution in [0.1, 0.15) is 16.2 Å². The molecule has 2 rings (SSSR count). The van der Waals surface area contributed by atoms with Gasteiger partial charge in [0, 0.05) is 25.5 Å². The molecule has 4 N–H and O–H groups in total. The number of hydrogen-bond acceptors (Lipinski definition) is 5. The van der Waals surface area contributed by atoms with Crippen molar-refractivity contribution in [1.82, 2.24) is 20.1 Å². The van der Waals surface area contributed by atoms with E-state index in [1.807, 2.05) is 0 Å². The second-order valence-corrected chi connectivity index (χ2v) is 4.29. The van der Waals surface area contributed by atoms with E-state index in [0.29, 0.717) is 29.3 Å². The van der Waals surface area contributed by atoms with Crippen molar-refractivity contribution in [2.24, 2.45) is 0 Å². The predicted molar refractivity (Wildman–Crippen MR) is 72.6 cm³/mol. The lowest BCUT2D eigenvalue weighted by atomic mass is 10.1. The second-order valence-electron chi connectivity index (χ2n) is 4.29. The van der Waals surface area contributed by atoms with Crippen molar-refractivity contribution in [2.75, 3.05) is 25.1 Å². The highest BCUT2D eigenvalue weighted by Gasteiger charge is 2.13. The zero-order valence-corrected chi connectivity index (χ0v) is 10.8. The van der Waals surface area contributed by atoms with Crippen LogP contribution in [-0.2, 0) is 6.54 Å². The molecule has 0 aliphatic heterocycles. The Morgan fingerprint density at radius 3 is 2.89 bits per heavy atom. The molecule has 0 atom stereocenters. The van der Waals surface area contributed by atoms with Crippen LogP contribution in [0.15, 0.2) is 24.5 Å². The summed E-state index contributed by atoms with van der Waals surface area (Å²) in [6.07, 6.45) is 1.43. The topological polar surface area (TPSA) is 99.9 Å². The normalized spacial score (nSPS) is 10.2. The first kappa shape index (κ1) is 12.9. The van der Waals surface area contributed by atoms with Gasteiger partial charge in [-0.3, -0.25) is 9.89 Å². The lowest BCUT2D eigenvalue weighted by Crippen LogP contribution is -2.23. The summed E-state index contributed by atoms with van der Waals surface area (Å²) in [6.45, 7) is 0.442. The van der Waals surface area contributed by atoms with Gasteiger partial charge in [0.25, 0.3) is 5.91 Å². The van der Waals surface area contributed by atoms with Crippen LogP contribution < -0.4 is 11.1 Å². The number of nitrogens with zero attached hydrogens (tertiary/aromatic N) is 3. The van der Waals surface area contributed by atoms with Gasteiger partial charge in [-0.1, -0.05) is 0 Å². The zero-order valence-electron chi connectivity index (χ0n) is 10.8. The van der Waals surface area contributed by atoms with Crippen LogP contribution in [0.3, 0.4) is 0 Å². The van der Waals surface area contributed by atoms with Gasteiger partial charge in [-0.25, -0.2) is 4.98 Å². The molecule has 0 bridgehead atoms. The number of nitrogens with two attached hydrogens (primary N) is 1. The Kier molecular flexibility index (Phi) is 3.65. The maximum absolute atomic E-state index is 12.0. The fourth-order valence-electron chi connectivity index (χ4n) is 1.63. The second kappa shape index (κ2) is 5.38. The maximum atomic E-state index is 12.0. The molecule has 7 heteroatoms. The van der Waals surface area contributed by atoms with Gasteiger partial charge in [-0.05, 0) is 18.2 Å². The largest absolute Gasteiger partial charge is 0.399 e. The van der Waals surface area contributed by atoms with Gasteiger partial charge >= 0.3 is 0 Å². The Hall–Kier alpha value is -2.57. The maximum Gasteiger partial charge on any atom is 0.255 e. The standard InChI is InChI=1S/C12H16N6O/c1-18(2)12(19)9-4-3-8(13)5-10(9)14-6-11-15-7-16-17-11/h3-5,7,14H,6,13H2,1-2H3,(H,15,16,17). The van der Waals surface area contributed by atoms with Crippen molar-refractivity contribution < 1.29 is 4.79 Å². The smallest absolute Gasteiger partial charge is 0.255 e. The summed E-state index contributed by atoms with van der Waals surface area (Å²) < 4.78 is 0. The molecule has 19 heavy (non-hydrogen) atoms. The molecular formula is C12H16N6O. The zero-order chi connectivity index (χ0) is 13.8. The van der Waals surface area contributed by atoms with E-state index in [1.54, 1.807) is 32.3 Å². The minimum absolute atomic E-state index is 0.0833. The van der Waals surface area contributed by atoms with E-state index in [2.05, 4.69) is 20.5 Å². The highest BCUT2D eigenvalue weighted by molar-refractivity contribution is 5.99. The highest BCUT2D eigenvalue weighted by atomic mass is 16.2. The molecule has 0 aliphatic rings. The van der Waals surface area contributed by atoms with Crippen LogP contribution >= 0.6 is 0 Å². The van der Waals surface area contributed by atoms with Gasteiger partial charge in [0.15, 0.2) is 0 Å². The molecule has 0 radical (unpaired) electrons. The number of aromatic nitrogens is 3. The predicted octanol–water partition coefficient (Wildman–Crippen LogP) is 0.701. The van der Waals surface area contributed by atoms with Crippen LogP contribution in [0.25, 0.3) is 0 Å². The molecular weight excluding hydrogens is 244 g/mol. The quantitative estimate of drug-likeness (QED) is 0.703. The molecule has 0 saturated carbocycles. The summed E-state index contributed by atoms with van der Waals surface area (Å²) in [6, 6.07) is 5.14. The minimum Gasteiger partial charge on any atom is -0.399 e. The summed E-state index contributed by atoms with van der Waals surface area (Å²) in [5.74, 6) is 0.603. The Bertz CT molecular complexity index is 564. The summed E-state index contributed by atoms with van der Waals surface area (Å²) in [5, 5.41) is 9.64. The monoisotopic (exact) mass is 260 g/mol. The number of anilines is 2. The molecule has 1 aromatic carbocycles. The van der Waals surface area contributed by atoms with Crippen LogP contribution in [0.5, 0.6) is 0 Å². The van der Waals surface area contributed by atoms with E-state index in [9.17, 15) is 4.79 Å². The Morgan fingerprint density at radius 1 is 1.47 bits per heavy atom. The summed E-state index contributed by atoms with van der Waals surface area (Å²) >= 11 is 0. The summed E-state index contributed by atoms with van der Waals surface area (Å²) in [4.78, 5) is 17.6. The number of hydrogen-bond donors (Lipinski definition) is 3. The van der Waals surface area contributed by atoms with Crippen LogP contribution in [0, 0.1) is 0 Å². The third kappa shape index (κ3) is 3.01. The van der Waals surface area contributed by atoms with E-state index in [0.717, 1.165) is 0 Å². The van der Waals surface area contributed by atoms with Gasteiger partial charge in [0.05, 0.1) is 12.1 Å². The molecule has 100 valence electrons. The first-order chi connectivity index (χ1) is 9.08. The average molecular weight is 260 g/mol. The Labute approximate surface area is 110 Å². The van der Waals surface area contributed by atoms with Crippen molar-refractivity contribution in [3.63, 3.8) is 0 Å². The molecule has 0 saturated heterocycles. The number of carbonyl (C=O) groups excluding carboxylic acids is 1. The van der Waals surface area contributed by atoms with Crippen molar-refractivity contribution in [2.45, 2.75) is 6.54 Å². The SMILES string of the molecule is CN(C)C(=O)c1ccc(N)cc1NCc1ncn[nH]1. The molecule has 0 fully saturated rings. The number of rotatable bonds is 4. The van der Waals surface area contributed by atoms with Crippen LogP contribution in [0.4, 0.5) is 11.4 Å². The number of aromatic amines is 1. The van der Waals surface area contributed by atoms with Crippen molar-refractivity contribution in [3.8, 4) is 0 Å². The van der Waals surface area contributed by atoms with Crippen LogP contribution in [-0.4, -0.2) is 40.1 Å². The van der Waals surface area contributed by atoms with E-state index in [-0.39, 0.29) is 5.91 Å². The number of benzene rings is 1. The van der Waals surface area contributed by atoms with Crippen molar-refractivity contribution in [3.05, 3.63) is 35.9 Å². The van der Waals surface area contributed by atoms with E-state index >= 15 is 0 Å². The fourth-order valence-corrected chi connectivity index (χ4v) is 1.63. The molecule has 1 aromatic heterocycles. The first-order valence-electron chi connectivity index (χ1n) is 5.77. The third-order valence-electron chi connectivity index (χ3n) is 2.59. The number of amides is 1. The van der Waals surface area contributed by atoms with E-state index in [1.165, 1.54) is 11.2 Å². The number of nitrogen functional groups attached to an aromatic ring is 1. The molecule has 0 aliphatic carbocycles. The van der Waals surface area contributed by atoms with Gasteiger partial charge in [0.2, 0.25) is 0 Å². The minimum atomic E-state index is -0.0833. The average Bonchev–Trinajstić information content (AvgIpc) is 2.88. The third-order valence-corrected chi connectivity index (χ3v) is 2.59. The van der Waals surface area contributed by atoms with Crippen molar-refractivity contribution >= 4 is 17.3 Å². The lowest BCUT2D eigenvalue weighted by Gasteiger charge is -2.15. The van der Waals surface area contributed by atoms with Gasteiger partial charge < -0.3 is 16.0 Å². The molecule has 2 aromatic rings. The van der Waals surface area contributed by atoms with E-state index in [4.69, 9.17) is 5.73 Å². The summed E-state index contributed by atoms with van der Waals surface area (Å²) in [5.41, 5.74) is 7.59. The molecule has 1 amide bonds. The molecule has 0 unspecified atom stereocenters.